The molecule has 0 unspecified atom stereocenters. The summed E-state index contributed by atoms with van der Waals surface area (Å²) in [4.78, 5) is 5.11. The normalized spacial score (nSPS) is 13.5. The van der Waals surface area contributed by atoms with Crippen molar-refractivity contribution in [1.29, 1.82) is 0 Å². The molecule has 0 saturated heterocycles. The van der Waals surface area contributed by atoms with Crippen LogP contribution in [0.4, 0.5) is 34.1 Å². The number of hydrogen-bond acceptors (Lipinski definition) is 4. The molecule has 4 heterocycles. The van der Waals surface area contributed by atoms with Gasteiger partial charge in [0.25, 0.3) is 6.71 Å². The minimum absolute atomic E-state index is 0.0369. The summed E-state index contributed by atoms with van der Waals surface area (Å²) in [5.74, 6) is 0. The molecule has 0 fully saturated rings. The van der Waals surface area contributed by atoms with Gasteiger partial charge in [0.1, 0.15) is 11.2 Å². The molecule has 2 aliphatic rings. The molecular formula is C55H47BN2O2. The van der Waals surface area contributed by atoms with E-state index in [1.807, 2.05) is 12.5 Å². The van der Waals surface area contributed by atoms with Gasteiger partial charge >= 0.3 is 0 Å². The quantitative estimate of drug-likeness (QED) is 0.167. The average molecular weight is 779 g/mol. The van der Waals surface area contributed by atoms with Gasteiger partial charge in [0, 0.05) is 44.6 Å². The summed E-state index contributed by atoms with van der Waals surface area (Å²) in [6.07, 6.45) is 3.65. The fraction of sp³-hybridized carbons (Fsp3) is 0.164. The number of aryl methyl sites for hydroxylation is 1. The van der Waals surface area contributed by atoms with E-state index in [-0.39, 0.29) is 17.5 Å². The van der Waals surface area contributed by atoms with Crippen molar-refractivity contribution in [3.63, 3.8) is 0 Å². The predicted molar refractivity (Wildman–Crippen MR) is 253 cm³/mol. The van der Waals surface area contributed by atoms with Gasteiger partial charge in [-0.05, 0) is 123 Å². The second-order valence-corrected chi connectivity index (χ2v) is 18.7. The Morgan fingerprint density at radius 3 is 1.30 bits per heavy atom. The third kappa shape index (κ3) is 5.52. The van der Waals surface area contributed by atoms with Gasteiger partial charge in [-0.1, -0.05) is 126 Å². The second kappa shape index (κ2) is 13.1. The van der Waals surface area contributed by atoms with E-state index in [1.165, 1.54) is 55.8 Å². The number of furan rings is 2. The van der Waals surface area contributed by atoms with Crippen molar-refractivity contribution < 1.29 is 8.83 Å². The topological polar surface area (TPSA) is 32.8 Å². The van der Waals surface area contributed by atoms with Gasteiger partial charge < -0.3 is 18.6 Å². The molecule has 0 aliphatic carbocycles. The maximum atomic E-state index is 6.19. The SMILES string of the molecule is Cc1cc2c3c(c1)N(c1c(-c4ccccc4)ccc4occc14)c1ccc(C(C)(C)C)cc1B3c1cc(C(C)(C)C)ccc1N2c1c(-c2ccccc2)ccc2occc12. The number of rotatable bonds is 4. The summed E-state index contributed by atoms with van der Waals surface area (Å²) in [5.41, 5.74) is 20.9. The zero-order valence-corrected chi connectivity index (χ0v) is 35.3. The largest absolute Gasteiger partial charge is 0.464 e. The highest BCUT2D eigenvalue weighted by Crippen LogP contribution is 2.52. The molecule has 0 bridgehead atoms. The molecule has 7 aromatic carbocycles. The molecule has 0 atom stereocenters. The smallest absolute Gasteiger partial charge is 0.252 e. The van der Waals surface area contributed by atoms with Gasteiger partial charge in [-0.15, -0.1) is 0 Å². The van der Waals surface area contributed by atoms with Crippen molar-refractivity contribution in [3.05, 3.63) is 175 Å². The van der Waals surface area contributed by atoms with E-state index < -0.39 is 0 Å². The lowest BCUT2D eigenvalue weighted by Gasteiger charge is -2.46. The first-order chi connectivity index (χ1) is 29.0. The van der Waals surface area contributed by atoms with E-state index in [4.69, 9.17) is 8.83 Å². The van der Waals surface area contributed by atoms with Crippen molar-refractivity contribution in [3.8, 4) is 22.3 Å². The van der Waals surface area contributed by atoms with Gasteiger partial charge in [-0.3, -0.25) is 0 Å². The summed E-state index contributed by atoms with van der Waals surface area (Å²) >= 11 is 0. The monoisotopic (exact) mass is 778 g/mol. The van der Waals surface area contributed by atoms with Gasteiger partial charge in [0.2, 0.25) is 0 Å². The maximum Gasteiger partial charge on any atom is 0.252 e. The molecule has 60 heavy (non-hydrogen) atoms. The zero-order valence-electron chi connectivity index (χ0n) is 35.3. The van der Waals surface area contributed by atoms with Crippen LogP contribution in [-0.2, 0) is 10.8 Å². The fourth-order valence-corrected chi connectivity index (χ4v) is 9.80. The molecule has 292 valence electrons. The second-order valence-electron chi connectivity index (χ2n) is 18.7. The number of anilines is 6. The Kier molecular flexibility index (Phi) is 7.97. The summed E-state index contributed by atoms with van der Waals surface area (Å²) in [6.45, 7) is 16.1. The number of hydrogen-bond donors (Lipinski definition) is 0. The van der Waals surface area contributed by atoms with Crippen LogP contribution in [0.2, 0.25) is 0 Å². The maximum absolute atomic E-state index is 6.19. The lowest BCUT2D eigenvalue weighted by Crippen LogP contribution is -2.61. The fourth-order valence-electron chi connectivity index (χ4n) is 9.80. The van der Waals surface area contributed by atoms with E-state index >= 15 is 0 Å². The Hall–Kier alpha value is -6.72. The van der Waals surface area contributed by atoms with Crippen LogP contribution in [-0.4, -0.2) is 6.71 Å². The van der Waals surface area contributed by atoms with Gasteiger partial charge in [-0.25, -0.2) is 0 Å². The van der Waals surface area contributed by atoms with E-state index in [0.717, 1.165) is 55.6 Å². The van der Waals surface area contributed by atoms with Gasteiger partial charge in [-0.2, -0.15) is 0 Å². The Balaban J connectivity index is 1.31. The molecule has 4 nitrogen and oxygen atoms in total. The molecule has 0 N–H and O–H groups in total. The van der Waals surface area contributed by atoms with Crippen molar-refractivity contribution in [1.82, 2.24) is 0 Å². The first kappa shape index (κ1) is 36.4. The Morgan fingerprint density at radius 1 is 0.450 bits per heavy atom. The minimum Gasteiger partial charge on any atom is -0.464 e. The van der Waals surface area contributed by atoms with Crippen molar-refractivity contribution >= 4 is 79.2 Å². The van der Waals surface area contributed by atoms with Crippen molar-refractivity contribution in [2.45, 2.75) is 59.3 Å². The van der Waals surface area contributed by atoms with E-state index in [1.54, 1.807) is 0 Å². The molecule has 5 heteroatoms. The number of nitrogens with zero attached hydrogens (tertiary/aromatic N) is 2. The Morgan fingerprint density at radius 2 is 0.883 bits per heavy atom. The van der Waals surface area contributed by atoms with Crippen LogP contribution >= 0.6 is 0 Å². The van der Waals surface area contributed by atoms with Gasteiger partial charge in [0.15, 0.2) is 0 Å². The molecule has 2 aliphatic heterocycles. The Labute approximate surface area is 352 Å². The van der Waals surface area contributed by atoms with Crippen LogP contribution in [0.3, 0.4) is 0 Å². The van der Waals surface area contributed by atoms with E-state index in [0.29, 0.717) is 0 Å². The molecule has 0 amide bonds. The van der Waals surface area contributed by atoms with Crippen LogP contribution in [0.15, 0.2) is 167 Å². The third-order valence-corrected chi connectivity index (χ3v) is 12.8. The highest BCUT2D eigenvalue weighted by Gasteiger charge is 2.45. The molecule has 2 aromatic heterocycles. The van der Waals surface area contributed by atoms with Crippen molar-refractivity contribution in [2.24, 2.45) is 0 Å². The molecule has 9 aromatic rings. The van der Waals surface area contributed by atoms with Crippen LogP contribution in [0.1, 0.15) is 58.2 Å². The molecule has 0 saturated carbocycles. The standard InChI is InChI=1S/C55H47BN2O2/c1-34-30-47-51-48(31-34)58(53-40(36-16-12-9-13-17-36)21-25-50-42(53)27-29-60-50)46-23-19-38(55(5,6)7)33-44(46)56(51)43-32-37(54(2,3)4)18-22-45(43)57(47)52-39(35-14-10-8-11-15-35)20-24-49-41(52)26-28-59-49/h8-33H,1-7H3. The summed E-state index contributed by atoms with van der Waals surface area (Å²) in [5, 5.41) is 2.15. The summed E-state index contributed by atoms with van der Waals surface area (Å²) in [6, 6.07) is 53.8. The third-order valence-electron chi connectivity index (χ3n) is 12.8. The zero-order chi connectivity index (χ0) is 41.1. The lowest BCUT2D eigenvalue weighted by atomic mass is 9.33. The highest BCUT2D eigenvalue weighted by atomic mass is 16.3. The number of fused-ring (bicyclic) bond motifs is 6. The summed E-state index contributed by atoms with van der Waals surface area (Å²) in [7, 11) is 0. The molecule has 11 rings (SSSR count). The van der Waals surface area contributed by atoms with Crippen LogP contribution in [0.5, 0.6) is 0 Å². The first-order valence-corrected chi connectivity index (χ1v) is 21.1. The van der Waals surface area contributed by atoms with Crippen molar-refractivity contribution in [2.75, 3.05) is 9.80 Å². The van der Waals surface area contributed by atoms with E-state index in [2.05, 4.69) is 204 Å². The van der Waals surface area contributed by atoms with E-state index in [9.17, 15) is 0 Å². The Bertz CT molecular complexity index is 2940. The van der Waals surface area contributed by atoms with Crippen LogP contribution in [0, 0.1) is 6.92 Å². The van der Waals surface area contributed by atoms with Gasteiger partial charge in [0.05, 0.1) is 23.9 Å². The van der Waals surface area contributed by atoms with Crippen LogP contribution in [0.25, 0.3) is 44.2 Å². The molecule has 0 radical (unpaired) electrons. The molecule has 0 spiro atoms. The average Bonchev–Trinajstić information content (AvgIpc) is 3.93. The highest BCUT2D eigenvalue weighted by molar-refractivity contribution is 7.00. The number of benzene rings is 7. The summed E-state index contributed by atoms with van der Waals surface area (Å²) < 4.78 is 12.4. The predicted octanol–water partition coefficient (Wildman–Crippen LogP) is 13.5. The molecular weight excluding hydrogens is 731 g/mol. The minimum atomic E-state index is -0.0612. The first-order valence-electron chi connectivity index (χ1n) is 21.1. The lowest BCUT2D eigenvalue weighted by molar-refractivity contribution is 0.590. The van der Waals surface area contributed by atoms with Crippen LogP contribution < -0.4 is 26.2 Å².